The van der Waals surface area contributed by atoms with Crippen molar-refractivity contribution >= 4 is 11.9 Å². The van der Waals surface area contributed by atoms with Crippen molar-refractivity contribution in [1.82, 2.24) is 4.90 Å². The highest BCUT2D eigenvalue weighted by Gasteiger charge is 2.67. The van der Waals surface area contributed by atoms with E-state index in [0.29, 0.717) is 32.5 Å². The molecule has 0 spiro atoms. The zero-order valence-electron chi connectivity index (χ0n) is 12.5. The number of likely N-dealkylation sites (tertiary alicyclic amines) is 1. The van der Waals surface area contributed by atoms with Crippen LogP contribution in [0.2, 0.25) is 0 Å². The van der Waals surface area contributed by atoms with Gasteiger partial charge in [-0.25, -0.2) is 0 Å². The number of fused-ring (bicyclic) bond motifs is 1. The molecule has 2 aliphatic rings. The fourth-order valence-corrected chi connectivity index (χ4v) is 4.32. The molecule has 0 radical (unpaired) electrons. The third-order valence-electron chi connectivity index (χ3n) is 5.43. The van der Waals surface area contributed by atoms with Crippen LogP contribution < -0.4 is 0 Å². The molecule has 2 N–H and O–H groups in total. The van der Waals surface area contributed by atoms with Gasteiger partial charge in [-0.2, -0.15) is 0 Å². The van der Waals surface area contributed by atoms with Crippen LogP contribution in [0, 0.1) is 10.8 Å². The first-order valence-corrected chi connectivity index (χ1v) is 7.73. The summed E-state index contributed by atoms with van der Waals surface area (Å²) < 4.78 is 0. The highest BCUT2D eigenvalue weighted by Crippen LogP contribution is 2.56. The molecule has 22 heavy (non-hydrogen) atoms. The Morgan fingerprint density at radius 2 is 1.45 bits per heavy atom. The van der Waals surface area contributed by atoms with Gasteiger partial charge < -0.3 is 10.2 Å². The number of carbonyl (C=O) groups is 2. The topological polar surface area (TPSA) is 77.8 Å². The molecule has 0 aromatic heterocycles. The van der Waals surface area contributed by atoms with E-state index in [9.17, 15) is 19.8 Å². The van der Waals surface area contributed by atoms with Crippen LogP contribution in [0.1, 0.15) is 31.2 Å². The lowest BCUT2D eigenvalue weighted by Crippen LogP contribution is -2.53. The van der Waals surface area contributed by atoms with E-state index >= 15 is 0 Å². The monoisotopic (exact) mass is 303 g/mol. The predicted molar refractivity (Wildman–Crippen MR) is 80.3 cm³/mol. The fraction of sp³-hybridized carbons (Fsp3) is 0.529. The number of benzene rings is 1. The Kier molecular flexibility index (Phi) is 3.68. The lowest BCUT2D eigenvalue weighted by atomic mass is 9.57. The van der Waals surface area contributed by atoms with E-state index in [2.05, 4.69) is 0 Å². The lowest BCUT2D eigenvalue weighted by molar-refractivity contribution is -0.173. The second kappa shape index (κ2) is 5.39. The Balaban J connectivity index is 1.92. The SMILES string of the molecule is O=C(O)C12CCCCC1(C(=O)O)CN(Cc1ccccc1)C2. The first-order chi connectivity index (χ1) is 10.5. The first-order valence-electron chi connectivity index (χ1n) is 7.73. The van der Waals surface area contributed by atoms with Gasteiger partial charge in [0.1, 0.15) is 0 Å². The van der Waals surface area contributed by atoms with Gasteiger partial charge in [0.15, 0.2) is 0 Å². The maximum Gasteiger partial charge on any atom is 0.312 e. The summed E-state index contributed by atoms with van der Waals surface area (Å²) in [6.07, 6.45) is 2.50. The number of rotatable bonds is 4. The lowest BCUT2D eigenvalue weighted by Gasteiger charge is -2.42. The van der Waals surface area contributed by atoms with Gasteiger partial charge >= 0.3 is 11.9 Å². The van der Waals surface area contributed by atoms with E-state index < -0.39 is 22.8 Å². The smallest absolute Gasteiger partial charge is 0.312 e. The third kappa shape index (κ3) is 2.11. The molecule has 1 saturated heterocycles. The molecule has 1 saturated carbocycles. The van der Waals surface area contributed by atoms with E-state index in [1.807, 2.05) is 35.2 Å². The van der Waals surface area contributed by atoms with Crippen molar-refractivity contribution in [1.29, 1.82) is 0 Å². The number of hydrogen-bond donors (Lipinski definition) is 2. The summed E-state index contributed by atoms with van der Waals surface area (Å²) in [7, 11) is 0. The van der Waals surface area contributed by atoms with Gasteiger partial charge in [-0.1, -0.05) is 43.2 Å². The molecule has 3 rings (SSSR count). The summed E-state index contributed by atoms with van der Waals surface area (Å²) in [5.41, 5.74) is -1.21. The molecule has 0 bridgehead atoms. The van der Waals surface area contributed by atoms with Crippen molar-refractivity contribution in [2.75, 3.05) is 13.1 Å². The summed E-state index contributed by atoms with van der Waals surface area (Å²) in [5, 5.41) is 19.6. The summed E-state index contributed by atoms with van der Waals surface area (Å²) in [6, 6.07) is 9.80. The Morgan fingerprint density at radius 3 is 1.91 bits per heavy atom. The minimum Gasteiger partial charge on any atom is -0.481 e. The molecular formula is C17H21NO4. The normalized spacial score (nSPS) is 31.6. The van der Waals surface area contributed by atoms with Crippen LogP contribution in [0.15, 0.2) is 30.3 Å². The second-order valence-electron chi connectivity index (χ2n) is 6.61. The summed E-state index contributed by atoms with van der Waals surface area (Å²) >= 11 is 0. The van der Waals surface area contributed by atoms with Gasteiger partial charge in [-0.05, 0) is 18.4 Å². The van der Waals surface area contributed by atoms with Crippen LogP contribution in [0.4, 0.5) is 0 Å². The van der Waals surface area contributed by atoms with Crippen molar-refractivity contribution in [2.45, 2.75) is 32.2 Å². The zero-order valence-corrected chi connectivity index (χ0v) is 12.5. The summed E-state index contributed by atoms with van der Waals surface area (Å²) in [6.45, 7) is 1.25. The van der Waals surface area contributed by atoms with Crippen molar-refractivity contribution in [3.63, 3.8) is 0 Å². The Labute approximate surface area is 129 Å². The Bertz CT molecular complexity index is 556. The molecule has 1 aliphatic carbocycles. The fourth-order valence-electron chi connectivity index (χ4n) is 4.32. The Hall–Kier alpha value is -1.88. The first kappa shape index (κ1) is 15.0. The van der Waals surface area contributed by atoms with E-state index in [0.717, 1.165) is 18.4 Å². The number of aliphatic carboxylic acids is 2. The van der Waals surface area contributed by atoms with E-state index in [1.165, 1.54) is 0 Å². The van der Waals surface area contributed by atoms with Gasteiger partial charge in [0.05, 0.1) is 10.8 Å². The van der Waals surface area contributed by atoms with Crippen molar-refractivity contribution in [3.8, 4) is 0 Å². The minimum atomic E-state index is -1.15. The van der Waals surface area contributed by atoms with Crippen LogP contribution in [-0.4, -0.2) is 40.1 Å². The highest BCUT2D eigenvalue weighted by molar-refractivity contribution is 5.88. The Morgan fingerprint density at radius 1 is 0.955 bits per heavy atom. The van der Waals surface area contributed by atoms with Crippen LogP contribution >= 0.6 is 0 Å². The van der Waals surface area contributed by atoms with Gasteiger partial charge in [-0.3, -0.25) is 14.5 Å². The van der Waals surface area contributed by atoms with Gasteiger partial charge in [0, 0.05) is 19.6 Å². The molecule has 2 fully saturated rings. The van der Waals surface area contributed by atoms with Crippen LogP contribution in [0.5, 0.6) is 0 Å². The van der Waals surface area contributed by atoms with E-state index in [4.69, 9.17) is 0 Å². The molecule has 118 valence electrons. The van der Waals surface area contributed by atoms with Crippen LogP contribution in [0.25, 0.3) is 0 Å². The van der Waals surface area contributed by atoms with Crippen molar-refractivity contribution < 1.29 is 19.8 Å². The zero-order chi connectivity index (χ0) is 15.8. The van der Waals surface area contributed by atoms with E-state index in [-0.39, 0.29) is 0 Å². The average Bonchev–Trinajstić information content (AvgIpc) is 2.84. The number of carboxylic acid groups (broad SMARTS) is 2. The molecule has 2 atom stereocenters. The number of carboxylic acids is 2. The van der Waals surface area contributed by atoms with Gasteiger partial charge in [0.25, 0.3) is 0 Å². The summed E-state index contributed by atoms with van der Waals surface area (Å²) in [5.74, 6) is -1.91. The summed E-state index contributed by atoms with van der Waals surface area (Å²) in [4.78, 5) is 26.0. The molecule has 1 aromatic rings. The maximum atomic E-state index is 12.0. The molecule has 5 heteroatoms. The van der Waals surface area contributed by atoms with Crippen LogP contribution in [0.3, 0.4) is 0 Å². The second-order valence-corrected chi connectivity index (χ2v) is 6.61. The molecule has 2 unspecified atom stereocenters. The third-order valence-corrected chi connectivity index (χ3v) is 5.43. The minimum absolute atomic E-state index is 0.323. The quantitative estimate of drug-likeness (QED) is 0.891. The number of hydrogen-bond acceptors (Lipinski definition) is 3. The molecule has 0 amide bonds. The van der Waals surface area contributed by atoms with Gasteiger partial charge in [0.2, 0.25) is 0 Å². The molecule has 1 heterocycles. The molecular weight excluding hydrogens is 282 g/mol. The molecule has 1 aromatic carbocycles. The molecule has 5 nitrogen and oxygen atoms in total. The van der Waals surface area contributed by atoms with Gasteiger partial charge in [-0.15, -0.1) is 0 Å². The highest BCUT2D eigenvalue weighted by atomic mass is 16.4. The van der Waals surface area contributed by atoms with Crippen molar-refractivity contribution in [3.05, 3.63) is 35.9 Å². The van der Waals surface area contributed by atoms with Crippen molar-refractivity contribution in [2.24, 2.45) is 10.8 Å². The molecule has 1 aliphatic heterocycles. The number of nitrogens with zero attached hydrogens (tertiary/aromatic N) is 1. The average molecular weight is 303 g/mol. The van der Waals surface area contributed by atoms with E-state index in [1.54, 1.807) is 0 Å². The maximum absolute atomic E-state index is 12.0. The van der Waals surface area contributed by atoms with Crippen LogP contribution in [-0.2, 0) is 16.1 Å². The standard InChI is InChI=1S/C17H21NO4/c19-14(20)16-8-4-5-9-17(16,15(21)22)12-18(11-16)10-13-6-2-1-3-7-13/h1-3,6-7H,4-5,8-12H2,(H,19,20)(H,21,22). The predicted octanol–water partition coefficient (Wildman–Crippen LogP) is 2.22. The largest absolute Gasteiger partial charge is 0.481 e.